The number of halogens is 1. The van der Waals surface area contributed by atoms with E-state index in [1.165, 1.54) is 0 Å². The molecule has 0 radical (unpaired) electrons. The van der Waals surface area contributed by atoms with E-state index in [1.54, 1.807) is 29.5 Å². The van der Waals surface area contributed by atoms with Crippen molar-refractivity contribution in [2.24, 2.45) is 0 Å². The zero-order valence-corrected chi connectivity index (χ0v) is 18.5. The third-order valence-corrected chi connectivity index (χ3v) is 6.89. The van der Waals surface area contributed by atoms with Crippen molar-refractivity contribution in [1.82, 2.24) is 9.88 Å². The third-order valence-electron chi connectivity index (χ3n) is 5.54. The number of hydrogen-bond donors (Lipinski definition) is 0. The molecule has 0 bridgehead atoms. The summed E-state index contributed by atoms with van der Waals surface area (Å²) >= 11 is 7.78. The first-order valence-corrected chi connectivity index (χ1v) is 11.0. The molecule has 1 fully saturated rings. The fourth-order valence-corrected chi connectivity index (χ4v) is 5.08. The van der Waals surface area contributed by atoms with Gasteiger partial charge in [-0.05, 0) is 63.3 Å². The average molecular weight is 440 g/mol. The number of rotatable bonds is 5. The predicted octanol–water partition coefficient (Wildman–Crippen LogP) is 5.69. The van der Waals surface area contributed by atoms with E-state index >= 15 is 0 Å². The highest BCUT2D eigenvalue weighted by atomic mass is 35.5. The molecule has 154 valence electrons. The fraction of sp³-hybridized carbons (Fsp3) is 0.304. The second kappa shape index (κ2) is 8.75. The summed E-state index contributed by atoms with van der Waals surface area (Å²) in [6.45, 7) is 1.51. The lowest BCUT2D eigenvalue weighted by Crippen LogP contribution is -2.45. The van der Waals surface area contributed by atoms with Crippen molar-refractivity contribution in [2.45, 2.75) is 18.4 Å². The van der Waals surface area contributed by atoms with Gasteiger partial charge in [0.1, 0.15) is 28.1 Å². The monoisotopic (exact) mass is 439 g/mol. The van der Waals surface area contributed by atoms with Crippen molar-refractivity contribution >= 4 is 22.9 Å². The lowest BCUT2D eigenvalue weighted by molar-refractivity contribution is -0.0106. The molecule has 0 amide bonds. The van der Waals surface area contributed by atoms with Gasteiger partial charge >= 0.3 is 0 Å². The van der Waals surface area contributed by atoms with Crippen LogP contribution in [0.15, 0.2) is 47.8 Å². The van der Waals surface area contributed by atoms with Gasteiger partial charge in [0.2, 0.25) is 0 Å². The molecule has 1 aliphatic heterocycles. The molecule has 5 nitrogen and oxygen atoms in total. The summed E-state index contributed by atoms with van der Waals surface area (Å²) in [5.74, 6) is 1.09. The molecule has 1 saturated heterocycles. The first kappa shape index (κ1) is 20.8. The van der Waals surface area contributed by atoms with Crippen molar-refractivity contribution in [3.05, 3.63) is 63.4 Å². The molecule has 0 saturated carbocycles. The Morgan fingerprint density at radius 2 is 1.90 bits per heavy atom. The summed E-state index contributed by atoms with van der Waals surface area (Å²) in [4.78, 5) is 7.24. The summed E-state index contributed by atoms with van der Waals surface area (Å²) in [5.41, 5.74) is 2.25. The van der Waals surface area contributed by atoms with Gasteiger partial charge in [0.25, 0.3) is 0 Å². The summed E-state index contributed by atoms with van der Waals surface area (Å²) in [7, 11) is 4.23. The Morgan fingerprint density at radius 1 is 1.17 bits per heavy atom. The Labute approximate surface area is 185 Å². The smallest absolute Gasteiger partial charge is 0.146 e. The van der Waals surface area contributed by atoms with Gasteiger partial charge in [0.15, 0.2) is 0 Å². The van der Waals surface area contributed by atoms with Crippen molar-refractivity contribution in [2.75, 3.05) is 27.3 Å². The first-order chi connectivity index (χ1) is 14.5. The molecule has 30 heavy (non-hydrogen) atoms. The highest BCUT2D eigenvalue weighted by molar-refractivity contribution is 7.10. The maximum atomic E-state index is 9.31. The standard InChI is InChI=1S/C23H22ClN3O2S/c1-27(2)23(10-12-28-13-11-23)22-26-20(15-30-22)16-6-8-17(9-7-16)29-21-5-3-4-19(24)18(21)14-25/h3-9,15H,10-13H2,1-2H3. The van der Waals surface area contributed by atoms with Gasteiger partial charge in [-0.15, -0.1) is 11.3 Å². The Bertz CT molecular complexity index is 1070. The molecule has 1 aliphatic rings. The highest BCUT2D eigenvalue weighted by Crippen LogP contribution is 2.40. The van der Waals surface area contributed by atoms with E-state index in [-0.39, 0.29) is 5.54 Å². The second-order valence-electron chi connectivity index (χ2n) is 7.43. The van der Waals surface area contributed by atoms with Gasteiger partial charge in [-0.25, -0.2) is 4.98 Å². The van der Waals surface area contributed by atoms with Crippen LogP contribution in [0.3, 0.4) is 0 Å². The molecule has 7 heteroatoms. The van der Waals surface area contributed by atoms with Crippen molar-refractivity contribution in [3.63, 3.8) is 0 Å². The van der Waals surface area contributed by atoms with Crippen LogP contribution < -0.4 is 4.74 Å². The van der Waals surface area contributed by atoms with E-state index in [2.05, 4.69) is 30.4 Å². The van der Waals surface area contributed by atoms with Crippen molar-refractivity contribution in [3.8, 4) is 28.8 Å². The van der Waals surface area contributed by atoms with Crippen molar-refractivity contribution < 1.29 is 9.47 Å². The minimum atomic E-state index is -0.0650. The summed E-state index contributed by atoms with van der Waals surface area (Å²) in [6, 6.07) is 15.0. The van der Waals surface area contributed by atoms with E-state index in [0.717, 1.165) is 42.3 Å². The van der Waals surface area contributed by atoms with Crippen molar-refractivity contribution in [1.29, 1.82) is 5.26 Å². The van der Waals surface area contributed by atoms with E-state index in [4.69, 9.17) is 26.1 Å². The molecule has 2 aromatic carbocycles. The molecule has 1 aromatic heterocycles. The minimum absolute atomic E-state index is 0.0650. The number of aromatic nitrogens is 1. The third kappa shape index (κ3) is 3.94. The van der Waals surface area contributed by atoms with Crippen LogP contribution in [0.5, 0.6) is 11.5 Å². The van der Waals surface area contributed by atoms with Crippen LogP contribution in [0.25, 0.3) is 11.3 Å². The van der Waals surface area contributed by atoms with Crippen LogP contribution in [0.4, 0.5) is 0 Å². The van der Waals surface area contributed by atoms with Crippen LogP contribution in [-0.4, -0.2) is 37.2 Å². The molecule has 0 spiro atoms. The SMILES string of the molecule is CN(C)C1(c2nc(-c3ccc(Oc4cccc(Cl)c4C#N)cc3)cs2)CCOCC1. The number of nitriles is 1. The van der Waals surface area contributed by atoms with Crippen LogP contribution >= 0.6 is 22.9 Å². The van der Waals surface area contributed by atoms with Crippen LogP contribution in [0.1, 0.15) is 23.4 Å². The fourth-order valence-electron chi connectivity index (χ4n) is 3.70. The highest BCUT2D eigenvalue weighted by Gasteiger charge is 2.39. The zero-order valence-electron chi connectivity index (χ0n) is 16.9. The normalized spacial score (nSPS) is 15.7. The number of ether oxygens (including phenoxy) is 2. The Morgan fingerprint density at radius 3 is 2.57 bits per heavy atom. The molecular weight excluding hydrogens is 418 g/mol. The van der Waals surface area contributed by atoms with E-state index in [0.29, 0.717) is 22.1 Å². The Kier molecular flexibility index (Phi) is 6.07. The van der Waals surface area contributed by atoms with Gasteiger partial charge in [-0.2, -0.15) is 5.26 Å². The Hall–Kier alpha value is -2.43. The second-order valence-corrected chi connectivity index (χ2v) is 8.69. The predicted molar refractivity (Wildman–Crippen MR) is 119 cm³/mol. The molecular formula is C23H22ClN3O2S. The molecule has 0 unspecified atom stereocenters. The molecule has 4 rings (SSSR count). The largest absolute Gasteiger partial charge is 0.456 e. The number of benzene rings is 2. The number of nitrogens with zero attached hydrogens (tertiary/aromatic N) is 3. The lowest BCUT2D eigenvalue weighted by atomic mass is 9.89. The molecule has 2 heterocycles. The topological polar surface area (TPSA) is 58.4 Å². The summed E-state index contributed by atoms with van der Waals surface area (Å²) < 4.78 is 11.5. The van der Waals surface area contributed by atoms with Gasteiger partial charge in [-0.1, -0.05) is 17.7 Å². The van der Waals surface area contributed by atoms with Gasteiger partial charge in [0, 0.05) is 24.2 Å². The molecule has 0 N–H and O–H groups in total. The maximum Gasteiger partial charge on any atom is 0.146 e. The van der Waals surface area contributed by atoms with Crippen LogP contribution in [-0.2, 0) is 10.3 Å². The number of hydrogen-bond acceptors (Lipinski definition) is 6. The molecule has 0 atom stereocenters. The minimum Gasteiger partial charge on any atom is -0.456 e. The van der Waals surface area contributed by atoms with Gasteiger partial charge in [-0.3, -0.25) is 4.90 Å². The quantitative estimate of drug-likeness (QED) is 0.510. The first-order valence-electron chi connectivity index (χ1n) is 9.71. The zero-order chi connectivity index (χ0) is 21.1. The average Bonchev–Trinajstić information content (AvgIpc) is 3.26. The van der Waals surface area contributed by atoms with E-state index < -0.39 is 0 Å². The summed E-state index contributed by atoms with van der Waals surface area (Å²) in [6.07, 6.45) is 1.89. The van der Waals surface area contributed by atoms with Gasteiger partial charge in [0.05, 0.1) is 16.3 Å². The number of thiazole rings is 1. The van der Waals surface area contributed by atoms with Crippen LogP contribution in [0.2, 0.25) is 5.02 Å². The maximum absolute atomic E-state index is 9.31. The molecule has 3 aromatic rings. The summed E-state index contributed by atoms with van der Waals surface area (Å²) in [5, 5.41) is 12.9. The van der Waals surface area contributed by atoms with Crippen LogP contribution in [0, 0.1) is 11.3 Å². The molecule has 0 aliphatic carbocycles. The van der Waals surface area contributed by atoms with E-state index in [9.17, 15) is 5.26 Å². The Balaban J connectivity index is 1.56. The lowest BCUT2D eigenvalue weighted by Gasteiger charge is -2.41. The van der Waals surface area contributed by atoms with E-state index in [1.807, 2.05) is 24.3 Å². The van der Waals surface area contributed by atoms with Gasteiger partial charge < -0.3 is 9.47 Å².